The average molecular weight is 402 g/mol. The topological polar surface area (TPSA) is 67.1 Å². The molecule has 2 aromatic heterocycles. The van der Waals surface area contributed by atoms with Crippen LogP contribution in [0.25, 0.3) is 27.8 Å². The first kappa shape index (κ1) is 18.9. The normalized spacial score (nSPS) is 17.2. The van der Waals surface area contributed by atoms with E-state index < -0.39 is 0 Å². The Morgan fingerprint density at radius 3 is 2.80 bits per heavy atom. The van der Waals surface area contributed by atoms with Gasteiger partial charge in [0.1, 0.15) is 11.4 Å². The monoisotopic (exact) mass is 402 g/mol. The summed E-state index contributed by atoms with van der Waals surface area (Å²) in [6, 6.07) is 16.2. The van der Waals surface area contributed by atoms with E-state index >= 15 is 0 Å². The molecular weight excluding hydrogens is 376 g/mol. The molecule has 0 amide bonds. The lowest BCUT2D eigenvalue weighted by Gasteiger charge is -2.14. The number of benzene rings is 2. The molecule has 2 aromatic carbocycles. The van der Waals surface area contributed by atoms with Crippen molar-refractivity contribution in [3.8, 4) is 16.8 Å². The van der Waals surface area contributed by atoms with Gasteiger partial charge in [0.2, 0.25) is 0 Å². The third-order valence-corrected chi connectivity index (χ3v) is 6.03. The van der Waals surface area contributed by atoms with Crippen LogP contribution in [0.5, 0.6) is 0 Å². The molecule has 5 rings (SSSR count). The molecule has 1 N–H and O–H groups in total. The number of hydrogen-bond donors (Lipinski definition) is 1. The number of H-pyrrole nitrogens is 1. The van der Waals surface area contributed by atoms with Gasteiger partial charge in [0.15, 0.2) is 0 Å². The molecule has 6 nitrogen and oxygen atoms in total. The summed E-state index contributed by atoms with van der Waals surface area (Å²) in [6.07, 6.45) is 4.87. The van der Waals surface area contributed by atoms with Crippen LogP contribution in [0.2, 0.25) is 0 Å². The quantitative estimate of drug-likeness (QED) is 0.524. The summed E-state index contributed by atoms with van der Waals surface area (Å²) < 4.78 is 7.14. The number of hydrogen-bond acceptors (Lipinski definition) is 4. The van der Waals surface area contributed by atoms with Gasteiger partial charge in [-0.3, -0.25) is 0 Å². The molecule has 0 bridgehead atoms. The second-order valence-electron chi connectivity index (χ2n) is 8.16. The summed E-state index contributed by atoms with van der Waals surface area (Å²) in [5, 5.41) is 8.06. The Morgan fingerprint density at radius 1 is 1.13 bits per heavy atom. The SMILES string of the molecule is CCCN1CC[C@@H](Cc2n[nH]c(=O)n2-c2ccc(-c3ccc4occc4c3)cc2)C1. The van der Waals surface area contributed by atoms with E-state index in [1.807, 2.05) is 24.3 Å². The third kappa shape index (κ3) is 3.59. The fourth-order valence-electron chi connectivity index (χ4n) is 4.54. The zero-order valence-electron chi connectivity index (χ0n) is 17.2. The molecule has 4 aromatic rings. The van der Waals surface area contributed by atoms with Crippen molar-refractivity contribution >= 4 is 11.0 Å². The summed E-state index contributed by atoms with van der Waals surface area (Å²) in [4.78, 5) is 15.0. The molecule has 1 atom stereocenters. The van der Waals surface area contributed by atoms with Gasteiger partial charge < -0.3 is 9.32 Å². The summed E-state index contributed by atoms with van der Waals surface area (Å²) >= 11 is 0. The van der Waals surface area contributed by atoms with Gasteiger partial charge in [-0.15, -0.1) is 0 Å². The lowest BCUT2D eigenvalue weighted by Crippen LogP contribution is -2.23. The van der Waals surface area contributed by atoms with Gasteiger partial charge in [0.25, 0.3) is 0 Å². The molecule has 1 aliphatic heterocycles. The molecule has 30 heavy (non-hydrogen) atoms. The number of aromatic nitrogens is 3. The van der Waals surface area contributed by atoms with E-state index in [4.69, 9.17) is 4.42 Å². The van der Waals surface area contributed by atoms with Gasteiger partial charge in [-0.25, -0.2) is 14.5 Å². The Balaban J connectivity index is 1.38. The fraction of sp³-hybridized carbons (Fsp3) is 0.333. The second kappa shape index (κ2) is 7.95. The Bertz CT molecular complexity index is 1200. The highest BCUT2D eigenvalue weighted by Crippen LogP contribution is 2.26. The fourth-order valence-corrected chi connectivity index (χ4v) is 4.54. The maximum Gasteiger partial charge on any atom is 0.347 e. The molecular formula is C24H26N4O2. The Morgan fingerprint density at radius 2 is 1.97 bits per heavy atom. The number of aromatic amines is 1. The van der Waals surface area contributed by atoms with Crippen LogP contribution in [0, 0.1) is 5.92 Å². The standard InChI is InChI=1S/C24H26N4O2/c1-2-11-27-12-9-17(16-27)14-23-25-26-24(29)28(23)21-6-3-18(4-7-21)19-5-8-22-20(15-19)10-13-30-22/h3-8,10,13,15,17H,2,9,11-12,14,16H2,1H3,(H,26,29)/t17-/m0/s1. The smallest absolute Gasteiger partial charge is 0.347 e. The van der Waals surface area contributed by atoms with Crippen molar-refractivity contribution in [2.75, 3.05) is 19.6 Å². The van der Waals surface area contributed by atoms with Crippen LogP contribution < -0.4 is 5.69 Å². The van der Waals surface area contributed by atoms with Gasteiger partial charge in [-0.05, 0) is 73.3 Å². The molecule has 1 saturated heterocycles. The third-order valence-electron chi connectivity index (χ3n) is 6.03. The van der Waals surface area contributed by atoms with E-state index in [-0.39, 0.29) is 5.69 Å². The largest absolute Gasteiger partial charge is 0.464 e. The maximum atomic E-state index is 12.5. The van der Waals surface area contributed by atoms with Crippen LogP contribution in [-0.4, -0.2) is 39.3 Å². The van der Waals surface area contributed by atoms with Crippen molar-refractivity contribution < 1.29 is 4.42 Å². The maximum absolute atomic E-state index is 12.5. The van der Waals surface area contributed by atoms with Crippen molar-refractivity contribution in [3.05, 3.63) is 71.1 Å². The zero-order chi connectivity index (χ0) is 20.5. The Hall–Kier alpha value is -3.12. The highest BCUT2D eigenvalue weighted by Gasteiger charge is 2.24. The van der Waals surface area contributed by atoms with Crippen molar-refractivity contribution in [2.45, 2.75) is 26.2 Å². The molecule has 1 aliphatic rings. The minimum absolute atomic E-state index is 0.180. The predicted octanol–water partition coefficient (Wildman–Crippen LogP) is 4.25. The van der Waals surface area contributed by atoms with Crippen LogP contribution in [0.1, 0.15) is 25.6 Å². The number of likely N-dealkylation sites (tertiary alicyclic amines) is 1. The molecule has 0 aliphatic carbocycles. The van der Waals surface area contributed by atoms with Gasteiger partial charge in [-0.1, -0.05) is 25.1 Å². The molecule has 0 unspecified atom stereocenters. The Kier molecular flexibility index (Phi) is 5.01. The van der Waals surface area contributed by atoms with Crippen molar-refractivity contribution in [1.29, 1.82) is 0 Å². The molecule has 3 heterocycles. The first-order valence-corrected chi connectivity index (χ1v) is 10.7. The van der Waals surface area contributed by atoms with E-state index in [9.17, 15) is 4.79 Å². The van der Waals surface area contributed by atoms with E-state index in [1.165, 1.54) is 6.42 Å². The molecule has 0 spiro atoms. The summed E-state index contributed by atoms with van der Waals surface area (Å²) in [7, 11) is 0. The first-order valence-electron chi connectivity index (χ1n) is 10.7. The van der Waals surface area contributed by atoms with Gasteiger partial charge in [0.05, 0.1) is 12.0 Å². The van der Waals surface area contributed by atoms with Crippen LogP contribution in [0.3, 0.4) is 0 Å². The van der Waals surface area contributed by atoms with Crippen LogP contribution >= 0.6 is 0 Å². The zero-order valence-corrected chi connectivity index (χ0v) is 17.2. The molecule has 154 valence electrons. The van der Waals surface area contributed by atoms with E-state index in [2.05, 4.69) is 46.3 Å². The molecule has 0 saturated carbocycles. The van der Waals surface area contributed by atoms with E-state index in [0.717, 1.165) is 66.1 Å². The average Bonchev–Trinajstić information content (AvgIpc) is 3.49. The van der Waals surface area contributed by atoms with E-state index in [0.29, 0.717) is 5.92 Å². The summed E-state index contributed by atoms with van der Waals surface area (Å²) in [6.45, 7) is 5.60. The number of rotatable bonds is 6. The highest BCUT2D eigenvalue weighted by molar-refractivity contribution is 5.83. The lowest BCUT2D eigenvalue weighted by atomic mass is 10.0. The van der Waals surface area contributed by atoms with Crippen LogP contribution in [0.4, 0.5) is 0 Å². The van der Waals surface area contributed by atoms with Gasteiger partial charge in [0, 0.05) is 18.4 Å². The minimum atomic E-state index is -0.180. The summed E-state index contributed by atoms with van der Waals surface area (Å²) in [5.74, 6) is 1.36. The van der Waals surface area contributed by atoms with Crippen molar-refractivity contribution in [2.24, 2.45) is 5.92 Å². The minimum Gasteiger partial charge on any atom is -0.464 e. The van der Waals surface area contributed by atoms with Gasteiger partial charge >= 0.3 is 5.69 Å². The first-order chi connectivity index (χ1) is 14.7. The predicted molar refractivity (Wildman–Crippen MR) is 118 cm³/mol. The van der Waals surface area contributed by atoms with Gasteiger partial charge in [-0.2, -0.15) is 5.10 Å². The van der Waals surface area contributed by atoms with Crippen LogP contribution in [0.15, 0.2) is 64.0 Å². The molecule has 6 heteroatoms. The molecule has 0 radical (unpaired) electrons. The Labute approximate surface area is 175 Å². The molecule has 1 fully saturated rings. The van der Waals surface area contributed by atoms with Crippen molar-refractivity contribution in [1.82, 2.24) is 19.7 Å². The number of nitrogens with zero attached hydrogens (tertiary/aromatic N) is 3. The number of fused-ring (bicyclic) bond motifs is 1. The summed E-state index contributed by atoms with van der Waals surface area (Å²) in [5.41, 5.74) is 3.78. The van der Waals surface area contributed by atoms with E-state index in [1.54, 1.807) is 10.8 Å². The van der Waals surface area contributed by atoms with Crippen LogP contribution in [-0.2, 0) is 6.42 Å². The van der Waals surface area contributed by atoms with Crippen molar-refractivity contribution in [3.63, 3.8) is 0 Å². The number of furan rings is 1. The lowest BCUT2D eigenvalue weighted by molar-refractivity contribution is 0.323. The second-order valence-corrected chi connectivity index (χ2v) is 8.16. The number of nitrogens with one attached hydrogen (secondary N) is 1. The highest BCUT2D eigenvalue weighted by atomic mass is 16.3.